The highest BCUT2D eigenvalue weighted by Crippen LogP contribution is 2.48. The molecule has 0 saturated heterocycles. The van der Waals surface area contributed by atoms with Crippen molar-refractivity contribution in [3.05, 3.63) is 194 Å². The molecule has 0 N–H and O–H groups in total. The molecule has 0 aliphatic carbocycles. The molecule has 0 amide bonds. The molecular weight excluding hydrogens is 597 g/mol. The average Bonchev–Trinajstić information content (AvgIpc) is 3.56. The normalized spacial score (nSPS) is 11.3. The van der Waals surface area contributed by atoms with E-state index in [1.165, 1.54) is 16.3 Å². The van der Waals surface area contributed by atoms with Gasteiger partial charge < -0.3 is 14.2 Å². The van der Waals surface area contributed by atoms with Crippen molar-refractivity contribution < 1.29 is 4.42 Å². The number of benzene rings is 8. The quantitative estimate of drug-likeness (QED) is 0.175. The van der Waals surface area contributed by atoms with E-state index in [0.29, 0.717) is 0 Å². The van der Waals surface area contributed by atoms with Gasteiger partial charge in [-0.2, -0.15) is 0 Å². The third-order valence-electron chi connectivity index (χ3n) is 9.18. The monoisotopic (exact) mass is 628 g/mol. The molecule has 0 bridgehead atoms. The number of hydrogen-bond donors (Lipinski definition) is 0. The summed E-state index contributed by atoms with van der Waals surface area (Å²) in [4.78, 5) is 4.66. The zero-order chi connectivity index (χ0) is 32.6. The van der Waals surface area contributed by atoms with Crippen LogP contribution in [0.4, 0.5) is 34.1 Å². The molecule has 0 radical (unpaired) electrons. The van der Waals surface area contributed by atoms with E-state index >= 15 is 0 Å². The fourth-order valence-electron chi connectivity index (χ4n) is 6.97. The van der Waals surface area contributed by atoms with E-state index in [9.17, 15) is 0 Å². The summed E-state index contributed by atoms with van der Waals surface area (Å²) in [6.45, 7) is 0. The smallest absolute Gasteiger partial charge is 0.159 e. The molecule has 3 heteroatoms. The molecule has 0 aliphatic heterocycles. The van der Waals surface area contributed by atoms with Crippen LogP contribution in [-0.4, -0.2) is 0 Å². The minimum absolute atomic E-state index is 0.838. The van der Waals surface area contributed by atoms with Gasteiger partial charge in [-0.25, -0.2) is 0 Å². The molecule has 8 aromatic carbocycles. The third-order valence-corrected chi connectivity index (χ3v) is 9.18. The zero-order valence-corrected chi connectivity index (χ0v) is 26.8. The third kappa shape index (κ3) is 5.18. The minimum atomic E-state index is 0.838. The lowest BCUT2D eigenvalue weighted by atomic mass is 10.0. The Labute approximate surface area is 285 Å². The molecule has 9 rings (SSSR count). The summed E-state index contributed by atoms with van der Waals surface area (Å²) in [5.41, 5.74) is 10.3. The lowest BCUT2D eigenvalue weighted by Crippen LogP contribution is -2.13. The van der Waals surface area contributed by atoms with Gasteiger partial charge in [-0.1, -0.05) is 127 Å². The van der Waals surface area contributed by atoms with Crippen LogP contribution in [0.2, 0.25) is 0 Å². The number of para-hydroxylation sites is 3. The number of rotatable bonds is 7. The molecule has 0 aliphatic rings. The Morgan fingerprint density at radius 3 is 1.57 bits per heavy atom. The highest BCUT2D eigenvalue weighted by atomic mass is 16.3. The van der Waals surface area contributed by atoms with Crippen LogP contribution in [0.5, 0.6) is 0 Å². The Balaban J connectivity index is 1.39. The largest absolute Gasteiger partial charge is 0.454 e. The lowest BCUT2D eigenvalue weighted by molar-refractivity contribution is 0.669. The van der Waals surface area contributed by atoms with Crippen molar-refractivity contribution in [2.45, 2.75) is 0 Å². The van der Waals surface area contributed by atoms with Gasteiger partial charge in [0.15, 0.2) is 5.58 Å². The van der Waals surface area contributed by atoms with E-state index in [1.54, 1.807) is 0 Å². The van der Waals surface area contributed by atoms with Crippen molar-refractivity contribution in [3.63, 3.8) is 0 Å². The second-order valence-electron chi connectivity index (χ2n) is 12.2. The van der Waals surface area contributed by atoms with Crippen LogP contribution in [0, 0.1) is 0 Å². The Morgan fingerprint density at radius 1 is 0.347 bits per heavy atom. The maximum absolute atomic E-state index is 6.92. The van der Waals surface area contributed by atoms with E-state index in [2.05, 4.69) is 204 Å². The van der Waals surface area contributed by atoms with Crippen molar-refractivity contribution in [2.75, 3.05) is 9.80 Å². The summed E-state index contributed by atoms with van der Waals surface area (Å²) >= 11 is 0. The molecule has 0 spiro atoms. The minimum Gasteiger partial charge on any atom is -0.454 e. The molecule has 0 unspecified atom stereocenters. The van der Waals surface area contributed by atoms with Crippen molar-refractivity contribution in [1.82, 2.24) is 0 Å². The maximum atomic E-state index is 6.92. The van der Waals surface area contributed by atoms with Gasteiger partial charge in [-0.05, 0) is 88.6 Å². The van der Waals surface area contributed by atoms with Crippen LogP contribution in [0.1, 0.15) is 0 Å². The molecule has 49 heavy (non-hydrogen) atoms. The molecule has 1 aromatic heterocycles. The molecule has 232 valence electrons. The molecule has 0 fully saturated rings. The molecule has 9 aromatic rings. The van der Waals surface area contributed by atoms with Gasteiger partial charge in [-0.3, -0.25) is 0 Å². The van der Waals surface area contributed by atoms with Gasteiger partial charge in [0, 0.05) is 39.2 Å². The van der Waals surface area contributed by atoms with Gasteiger partial charge in [-0.15, -0.1) is 0 Å². The number of furan rings is 1. The van der Waals surface area contributed by atoms with Crippen LogP contribution < -0.4 is 9.80 Å². The molecule has 0 saturated carbocycles. The van der Waals surface area contributed by atoms with Gasteiger partial charge in [0.1, 0.15) is 5.58 Å². The Hall–Kier alpha value is -6.58. The van der Waals surface area contributed by atoms with Gasteiger partial charge in [0.2, 0.25) is 0 Å². The first-order chi connectivity index (χ1) is 24.3. The van der Waals surface area contributed by atoms with Crippen molar-refractivity contribution in [1.29, 1.82) is 0 Å². The lowest BCUT2D eigenvalue weighted by Gasteiger charge is -2.29. The highest BCUT2D eigenvalue weighted by molar-refractivity contribution is 6.22. The van der Waals surface area contributed by atoms with E-state index in [4.69, 9.17) is 4.42 Å². The Morgan fingerprint density at radius 2 is 0.898 bits per heavy atom. The van der Waals surface area contributed by atoms with Gasteiger partial charge in [0.25, 0.3) is 0 Å². The summed E-state index contributed by atoms with van der Waals surface area (Å²) in [6, 6.07) is 68.5. The van der Waals surface area contributed by atoms with Crippen LogP contribution in [0.3, 0.4) is 0 Å². The second-order valence-corrected chi connectivity index (χ2v) is 12.2. The van der Waals surface area contributed by atoms with Crippen LogP contribution in [0.15, 0.2) is 199 Å². The predicted molar refractivity (Wildman–Crippen MR) is 206 cm³/mol. The van der Waals surface area contributed by atoms with E-state index in [0.717, 1.165) is 61.6 Å². The topological polar surface area (TPSA) is 19.6 Å². The zero-order valence-electron chi connectivity index (χ0n) is 26.8. The summed E-state index contributed by atoms with van der Waals surface area (Å²) in [6.07, 6.45) is 0. The second kappa shape index (κ2) is 12.2. The predicted octanol–water partition coefficient (Wildman–Crippen LogP) is 13.3. The molecule has 1 heterocycles. The molecule has 0 atom stereocenters. The summed E-state index contributed by atoms with van der Waals surface area (Å²) in [5.74, 6) is 0. The SMILES string of the molecule is c1ccc(-c2cccc(N(c3ccccc3)c3cc(N(c4ccccc4)c4ccccc4)cc4c3oc3ccc5ccccc5c34)c2)cc1. The standard InChI is InChI=1S/C46H32N2O/c1-5-16-33(17-6-1)35-19-15-26-39(30-35)48(38-24-11-4-12-25-38)43-32-40(47(36-20-7-2-8-21-36)37-22-9-3-10-23-37)31-42-45-41-27-14-13-18-34(41)28-29-44(45)49-46(42)43/h1-32H. The summed E-state index contributed by atoms with van der Waals surface area (Å²) < 4.78 is 6.92. The maximum Gasteiger partial charge on any atom is 0.159 e. The van der Waals surface area contributed by atoms with Crippen LogP contribution in [-0.2, 0) is 0 Å². The fraction of sp³-hybridized carbons (Fsp3) is 0. The first-order valence-electron chi connectivity index (χ1n) is 16.6. The summed E-state index contributed by atoms with van der Waals surface area (Å²) in [7, 11) is 0. The first kappa shape index (κ1) is 28.6. The van der Waals surface area contributed by atoms with E-state index in [1.807, 2.05) is 0 Å². The Bertz CT molecular complexity index is 2500. The van der Waals surface area contributed by atoms with Crippen molar-refractivity contribution >= 4 is 66.8 Å². The van der Waals surface area contributed by atoms with Crippen molar-refractivity contribution in [2.24, 2.45) is 0 Å². The first-order valence-corrected chi connectivity index (χ1v) is 16.6. The summed E-state index contributed by atoms with van der Waals surface area (Å²) in [5, 5.41) is 4.54. The number of hydrogen-bond acceptors (Lipinski definition) is 3. The van der Waals surface area contributed by atoms with Gasteiger partial charge in [0.05, 0.1) is 5.69 Å². The molecular formula is C46H32N2O. The number of fused-ring (bicyclic) bond motifs is 5. The van der Waals surface area contributed by atoms with E-state index < -0.39 is 0 Å². The molecule has 3 nitrogen and oxygen atoms in total. The van der Waals surface area contributed by atoms with Gasteiger partial charge >= 0.3 is 0 Å². The van der Waals surface area contributed by atoms with Crippen molar-refractivity contribution in [3.8, 4) is 11.1 Å². The number of nitrogens with zero attached hydrogens (tertiary/aromatic N) is 2. The average molecular weight is 629 g/mol. The highest BCUT2D eigenvalue weighted by Gasteiger charge is 2.24. The van der Waals surface area contributed by atoms with Crippen LogP contribution in [0.25, 0.3) is 43.8 Å². The van der Waals surface area contributed by atoms with E-state index in [-0.39, 0.29) is 0 Å². The van der Waals surface area contributed by atoms with Crippen LogP contribution >= 0.6 is 0 Å². The fourth-order valence-corrected chi connectivity index (χ4v) is 6.97. The Kier molecular flexibility index (Phi) is 7.14. The number of anilines is 6.